The van der Waals surface area contributed by atoms with E-state index in [0.29, 0.717) is 5.88 Å². The molecule has 18 heavy (non-hydrogen) atoms. The van der Waals surface area contributed by atoms with Gasteiger partial charge in [-0.05, 0) is 26.0 Å². The number of hydrogen-bond acceptors (Lipinski definition) is 4. The summed E-state index contributed by atoms with van der Waals surface area (Å²) < 4.78 is 10.7. The van der Waals surface area contributed by atoms with Crippen LogP contribution < -0.4 is 10.1 Å². The summed E-state index contributed by atoms with van der Waals surface area (Å²) in [6.45, 7) is 5.49. The first-order chi connectivity index (χ1) is 8.75. The molecule has 4 nitrogen and oxygen atoms in total. The SMILES string of the molecule is CC(C)Oc1ncccc1CNCc1ccoc1. The van der Waals surface area contributed by atoms with Gasteiger partial charge in [-0.2, -0.15) is 0 Å². The number of ether oxygens (including phenoxy) is 1. The highest BCUT2D eigenvalue weighted by Crippen LogP contribution is 2.15. The lowest BCUT2D eigenvalue weighted by Gasteiger charge is -2.13. The molecular weight excluding hydrogens is 228 g/mol. The average molecular weight is 246 g/mol. The minimum Gasteiger partial charge on any atom is -0.475 e. The molecule has 0 aliphatic rings. The average Bonchev–Trinajstić information content (AvgIpc) is 2.84. The summed E-state index contributed by atoms with van der Waals surface area (Å²) in [5, 5.41) is 3.34. The summed E-state index contributed by atoms with van der Waals surface area (Å²) >= 11 is 0. The van der Waals surface area contributed by atoms with Crippen LogP contribution in [0, 0.1) is 0 Å². The van der Waals surface area contributed by atoms with Crippen LogP contribution in [-0.2, 0) is 13.1 Å². The van der Waals surface area contributed by atoms with E-state index in [4.69, 9.17) is 9.15 Å². The highest BCUT2D eigenvalue weighted by Gasteiger charge is 2.06. The summed E-state index contributed by atoms with van der Waals surface area (Å²) in [6, 6.07) is 5.89. The Morgan fingerprint density at radius 1 is 1.33 bits per heavy atom. The van der Waals surface area contributed by atoms with Gasteiger partial charge in [0, 0.05) is 30.4 Å². The number of nitrogens with one attached hydrogen (secondary N) is 1. The Labute approximate surface area is 107 Å². The predicted octanol–water partition coefficient (Wildman–Crippen LogP) is 2.75. The Morgan fingerprint density at radius 3 is 2.94 bits per heavy atom. The molecule has 2 aromatic rings. The number of nitrogens with zero attached hydrogens (tertiary/aromatic N) is 1. The van der Waals surface area contributed by atoms with Gasteiger partial charge in [0.05, 0.1) is 18.6 Å². The summed E-state index contributed by atoms with van der Waals surface area (Å²) in [5.74, 6) is 0.701. The fourth-order valence-corrected chi connectivity index (χ4v) is 1.62. The van der Waals surface area contributed by atoms with Crippen molar-refractivity contribution in [1.82, 2.24) is 10.3 Å². The third-order valence-electron chi connectivity index (χ3n) is 2.42. The third kappa shape index (κ3) is 3.60. The van der Waals surface area contributed by atoms with Gasteiger partial charge in [0.1, 0.15) is 0 Å². The van der Waals surface area contributed by atoms with Crippen molar-refractivity contribution in [2.45, 2.75) is 33.0 Å². The second-order valence-electron chi connectivity index (χ2n) is 4.37. The number of hydrogen-bond donors (Lipinski definition) is 1. The van der Waals surface area contributed by atoms with Crippen LogP contribution in [0.15, 0.2) is 41.3 Å². The van der Waals surface area contributed by atoms with E-state index in [1.165, 1.54) is 0 Å². The van der Waals surface area contributed by atoms with Gasteiger partial charge in [0.15, 0.2) is 0 Å². The van der Waals surface area contributed by atoms with E-state index in [-0.39, 0.29) is 6.10 Å². The fourth-order valence-electron chi connectivity index (χ4n) is 1.62. The second kappa shape index (κ2) is 6.21. The lowest BCUT2D eigenvalue weighted by Crippen LogP contribution is -2.15. The first-order valence-corrected chi connectivity index (χ1v) is 6.08. The van der Waals surface area contributed by atoms with Crippen molar-refractivity contribution in [1.29, 1.82) is 0 Å². The molecule has 96 valence electrons. The van der Waals surface area contributed by atoms with Crippen LogP contribution in [0.1, 0.15) is 25.0 Å². The minimum absolute atomic E-state index is 0.132. The molecule has 0 amide bonds. The Morgan fingerprint density at radius 2 is 2.22 bits per heavy atom. The fraction of sp³-hybridized carbons (Fsp3) is 0.357. The zero-order valence-corrected chi connectivity index (χ0v) is 10.7. The predicted molar refractivity (Wildman–Crippen MR) is 69.3 cm³/mol. The second-order valence-corrected chi connectivity index (χ2v) is 4.37. The van der Waals surface area contributed by atoms with E-state index >= 15 is 0 Å². The highest BCUT2D eigenvalue weighted by atomic mass is 16.5. The van der Waals surface area contributed by atoms with Crippen molar-refractivity contribution in [3.63, 3.8) is 0 Å². The summed E-state index contributed by atoms with van der Waals surface area (Å²) in [6.07, 6.45) is 5.29. The van der Waals surface area contributed by atoms with Crippen molar-refractivity contribution in [3.05, 3.63) is 48.0 Å². The molecule has 0 aliphatic heterocycles. The lowest BCUT2D eigenvalue weighted by atomic mass is 10.2. The van der Waals surface area contributed by atoms with Gasteiger partial charge in [-0.1, -0.05) is 6.07 Å². The zero-order chi connectivity index (χ0) is 12.8. The van der Waals surface area contributed by atoms with Crippen LogP contribution in [0.3, 0.4) is 0 Å². The summed E-state index contributed by atoms with van der Waals surface area (Å²) in [7, 11) is 0. The van der Waals surface area contributed by atoms with Crippen molar-refractivity contribution < 1.29 is 9.15 Å². The summed E-state index contributed by atoms with van der Waals surface area (Å²) in [5.41, 5.74) is 2.19. The molecule has 0 spiro atoms. The van der Waals surface area contributed by atoms with Crippen LogP contribution in [0.5, 0.6) is 5.88 Å². The summed E-state index contributed by atoms with van der Waals surface area (Å²) in [4.78, 5) is 4.25. The van der Waals surface area contributed by atoms with Crippen molar-refractivity contribution in [2.24, 2.45) is 0 Å². The van der Waals surface area contributed by atoms with E-state index in [9.17, 15) is 0 Å². The highest BCUT2D eigenvalue weighted by molar-refractivity contribution is 5.25. The van der Waals surface area contributed by atoms with Gasteiger partial charge in [0.2, 0.25) is 5.88 Å². The number of pyridine rings is 1. The number of furan rings is 1. The third-order valence-corrected chi connectivity index (χ3v) is 2.42. The van der Waals surface area contributed by atoms with E-state index in [1.54, 1.807) is 18.7 Å². The maximum Gasteiger partial charge on any atom is 0.218 e. The topological polar surface area (TPSA) is 47.3 Å². The van der Waals surface area contributed by atoms with Crippen molar-refractivity contribution in [3.8, 4) is 5.88 Å². The van der Waals surface area contributed by atoms with Gasteiger partial charge in [0.25, 0.3) is 0 Å². The maximum atomic E-state index is 5.66. The molecule has 4 heteroatoms. The molecule has 0 fully saturated rings. The molecule has 0 saturated carbocycles. The van der Waals surface area contributed by atoms with Gasteiger partial charge in [-0.15, -0.1) is 0 Å². The largest absolute Gasteiger partial charge is 0.475 e. The van der Waals surface area contributed by atoms with Crippen molar-refractivity contribution >= 4 is 0 Å². The molecule has 0 atom stereocenters. The molecule has 0 radical (unpaired) electrons. The van der Waals surface area contributed by atoms with E-state index in [1.807, 2.05) is 32.0 Å². The van der Waals surface area contributed by atoms with Crippen LogP contribution in [0.2, 0.25) is 0 Å². The molecule has 0 bridgehead atoms. The standard InChI is InChI=1S/C14H18N2O2/c1-11(2)18-14-13(4-3-6-16-14)9-15-8-12-5-7-17-10-12/h3-7,10-11,15H,8-9H2,1-2H3. The molecule has 0 aliphatic carbocycles. The van der Waals surface area contributed by atoms with Crippen molar-refractivity contribution in [2.75, 3.05) is 0 Å². The lowest BCUT2D eigenvalue weighted by molar-refractivity contribution is 0.229. The molecule has 0 aromatic carbocycles. The Balaban J connectivity index is 1.92. The van der Waals surface area contributed by atoms with Crippen LogP contribution in [0.25, 0.3) is 0 Å². The Kier molecular flexibility index (Phi) is 4.36. The first-order valence-electron chi connectivity index (χ1n) is 6.08. The van der Waals surface area contributed by atoms with Gasteiger partial charge in [-0.3, -0.25) is 0 Å². The van der Waals surface area contributed by atoms with E-state index in [0.717, 1.165) is 24.2 Å². The van der Waals surface area contributed by atoms with Gasteiger partial charge < -0.3 is 14.5 Å². The van der Waals surface area contributed by atoms with Crippen LogP contribution in [-0.4, -0.2) is 11.1 Å². The first kappa shape index (κ1) is 12.6. The molecule has 1 N–H and O–H groups in total. The Bertz CT molecular complexity index is 466. The monoisotopic (exact) mass is 246 g/mol. The molecule has 2 aromatic heterocycles. The zero-order valence-electron chi connectivity index (χ0n) is 10.7. The minimum atomic E-state index is 0.132. The van der Waals surface area contributed by atoms with Gasteiger partial charge in [-0.25, -0.2) is 4.98 Å². The van der Waals surface area contributed by atoms with Crippen LogP contribution >= 0.6 is 0 Å². The maximum absolute atomic E-state index is 5.66. The molecular formula is C14H18N2O2. The number of aromatic nitrogens is 1. The molecule has 0 saturated heterocycles. The van der Waals surface area contributed by atoms with E-state index < -0.39 is 0 Å². The van der Waals surface area contributed by atoms with Gasteiger partial charge >= 0.3 is 0 Å². The Hall–Kier alpha value is -1.81. The van der Waals surface area contributed by atoms with E-state index in [2.05, 4.69) is 10.3 Å². The smallest absolute Gasteiger partial charge is 0.218 e. The molecule has 0 unspecified atom stereocenters. The molecule has 2 heterocycles. The normalized spacial score (nSPS) is 10.8. The van der Waals surface area contributed by atoms with Crippen LogP contribution in [0.4, 0.5) is 0 Å². The number of rotatable bonds is 6. The molecule has 2 rings (SSSR count). The quantitative estimate of drug-likeness (QED) is 0.851.